The van der Waals surface area contributed by atoms with E-state index in [9.17, 15) is 9.90 Å². The normalized spacial score (nSPS) is 20.1. The zero-order chi connectivity index (χ0) is 16.7. The fourth-order valence-corrected chi connectivity index (χ4v) is 4.65. The number of fused-ring (bicyclic) bond motifs is 1. The van der Waals surface area contributed by atoms with Gasteiger partial charge in [-0.25, -0.2) is 4.98 Å². The molecule has 2 aromatic heterocycles. The van der Waals surface area contributed by atoms with Crippen LogP contribution in [0.15, 0.2) is 5.38 Å². The Labute approximate surface area is 144 Å². The number of nitrogens with two attached hydrogens (primary N) is 1. The van der Waals surface area contributed by atoms with Gasteiger partial charge in [0.15, 0.2) is 0 Å². The first-order valence-electron chi connectivity index (χ1n) is 8.40. The van der Waals surface area contributed by atoms with Crippen molar-refractivity contribution in [3.05, 3.63) is 10.9 Å². The highest BCUT2D eigenvalue weighted by molar-refractivity contribution is 7.17. The second-order valence-corrected chi connectivity index (χ2v) is 7.38. The van der Waals surface area contributed by atoms with E-state index in [0.29, 0.717) is 21.8 Å². The second-order valence-electron chi connectivity index (χ2n) is 6.50. The number of hydrogen-bond acceptors (Lipinski definition) is 7. The van der Waals surface area contributed by atoms with Crippen molar-refractivity contribution in [3.63, 3.8) is 0 Å². The Balaban J connectivity index is 1.50. The zero-order valence-corrected chi connectivity index (χ0v) is 14.3. The Morgan fingerprint density at radius 2 is 1.92 bits per heavy atom. The van der Waals surface area contributed by atoms with E-state index in [0.717, 1.165) is 25.9 Å². The Morgan fingerprint density at radius 3 is 2.62 bits per heavy atom. The predicted octanol–water partition coefficient (Wildman–Crippen LogP) is 1.68. The predicted molar refractivity (Wildman–Crippen MR) is 93.2 cm³/mol. The molecule has 0 spiro atoms. The maximum absolute atomic E-state index is 12.9. The molecule has 7 nitrogen and oxygen atoms in total. The fourth-order valence-electron chi connectivity index (χ4n) is 3.78. The van der Waals surface area contributed by atoms with Crippen molar-refractivity contribution in [2.75, 3.05) is 31.9 Å². The van der Waals surface area contributed by atoms with E-state index in [1.807, 2.05) is 4.90 Å². The number of carbonyl (C=O) groups excluding carboxylic acids is 1. The summed E-state index contributed by atoms with van der Waals surface area (Å²) in [6.45, 7) is 3.93. The number of anilines is 1. The number of carbonyl (C=O) groups is 1. The third kappa shape index (κ3) is 2.69. The first kappa shape index (κ1) is 15.6. The van der Waals surface area contributed by atoms with E-state index in [2.05, 4.69) is 14.9 Å². The molecule has 2 aliphatic heterocycles. The van der Waals surface area contributed by atoms with Gasteiger partial charge in [0.05, 0.1) is 5.56 Å². The van der Waals surface area contributed by atoms with E-state index in [1.165, 1.54) is 37.3 Å². The van der Waals surface area contributed by atoms with Gasteiger partial charge in [0, 0.05) is 24.5 Å². The molecule has 4 heterocycles. The molecule has 0 aliphatic carbocycles. The first-order chi connectivity index (χ1) is 11.6. The molecule has 0 aromatic carbocycles. The highest BCUT2D eigenvalue weighted by Crippen LogP contribution is 2.32. The molecule has 24 heavy (non-hydrogen) atoms. The van der Waals surface area contributed by atoms with E-state index in [4.69, 9.17) is 5.73 Å². The first-order valence-corrected chi connectivity index (χ1v) is 9.28. The van der Waals surface area contributed by atoms with Gasteiger partial charge >= 0.3 is 0 Å². The minimum atomic E-state index is -0.158. The Morgan fingerprint density at radius 1 is 1.21 bits per heavy atom. The second kappa shape index (κ2) is 6.18. The molecule has 0 atom stereocenters. The molecule has 128 valence electrons. The third-order valence-electron chi connectivity index (χ3n) is 5.05. The van der Waals surface area contributed by atoms with Crippen molar-refractivity contribution in [1.29, 1.82) is 0 Å². The van der Waals surface area contributed by atoms with Gasteiger partial charge in [0.1, 0.15) is 10.2 Å². The van der Waals surface area contributed by atoms with Crippen molar-refractivity contribution in [2.24, 2.45) is 0 Å². The monoisotopic (exact) mass is 347 g/mol. The largest absolute Gasteiger partial charge is 0.492 e. The van der Waals surface area contributed by atoms with Crippen LogP contribution in [0, 0.1) is 0 Å². The van der Waals surface area contributed by atoms with Crippen LogP contribution in [0.1, 0.15) is 36.0 Å². The number of rotatable bonds is 2. The number of aromatic hydroxyl groups is 1. The topological polar surface area (TPSA) is 95.6 Å². The molecule has 0 bridgehead atoms. The lowest BCUT2D eigenvalue weighted by atomic mass is 10.0. The molecule has 2 saturated heterocycles. The molecule has 0 saturated carbocycles. The highest BCUT2D eigenvalue weighted by atomic mass is 32.1. The van der Waals surface area contributed by atoms with E-state index in [-0.39, 0.29) is 17.7 Å². The molecule has 1 amide bonds. The summed E-state index contributed by atoms with van der Waals surface area (Å²) < 4.78 is 0.513. The van der Waals surface area contributed by atoms with Crippen LogP contribution in [0.3, 0.4) is 0 Å². The fraction of sp³-hybridized carbons (Fsp3) is 0.562. The summed E-state index contributed by atoms with van der Waals surface area (Å²) in [5, 5.41) is 11.6. The Hall–Kier alpha value is -1.93. The van der Waals surface area contributed by atoms with Crippen LogP contribution >= 0.6 is 11.3 Å². The number of thiophene rings is 1. The van der Waals surface area contributed by atoms with Crippen molar-refractivity contribution >= 4 is 33.4 Å². The summed E-state index contributed by atoms with van der Waals surface area (Å²) >= 11 is 1.28. The van der Waals surface area contributed by atoms with Gasteiger partial charge in [0.2, 0.25) is 11.8 Å². The van der Waals surface area contributed by atoms with Gasteiger partial charge in [-0.2, -0.15) is 4.98 Å². The van der Waals surface area contributed by atoms with Crippen LogP contribution in [-0.2, 0) is 0 Å². The quantitative estimate of drug-likeness (QED) is 0.858. The van der Waals surface area contributed by atoms with Crippen LogP contribution in [0.5, 0.6) is 5.88 Å². The van der Waals surface area contributed by atoms with Crippen molar-refractivity contribution < 1.29 is 9.90 Å². The minimum Gasteiger partial charge on any atom is -0.492 e. The number of amides is 1. The SMILES string of the molecule is Nc1nc(O)c2scc(C(=O)N3CCC(N4CCCC4)CC3)c2n1. The zero-order valence-electron chi connectivity index (χ0n) is 13.4. The summed E-state index contributed by atoms with van der Waals surface area (Å²) in [4.78, 5) is 25.2. The van der Waals surface area contributed by atoms with Gasteiger partial charge in [-0.3, -0.25) is 4.79 Å². The van der Waals surface area contributed by atoms with Crippen LogP contribution < -0.4 is 5.73 Å². The average Bonchev–Trinajstić information content (AvgIpc) is 3.24. The Kier molecular flexibility index (Phi) is 4.01. The molecule has 0 unspecified atom stereocenters. The average molecular weight is 347 g/mol. The minimum absolute atomic E-state index is 0.0137. The summed E-state index contributed by atoms with van der Waals surface area (Å²) in [5.41, 5.74) is 6.58. The number of aromatic nitrogens is 2. The molecule has 4 rings (SSSR count). The Bertz CT molecular complexity index is 763. The lowest BCUT2D eigenvalue weighted by molar-refractivity contribution is 0.0646. The van der Waals surface area contributed by atoms with E-state index >= 15 is 0 Å². The van der Waals surface area contributed by atoms with E-state index < -0.39 is 0 Å². The number of likely N-dealkylation sites (tertiary alicyclic amines) is 2. The highest BCUT2D eigenvalue weighted by Gasteiger charge is 2.30. The molecule has 0 radical (unpaired) electrons. The maximum atomic E-state index is 12.9. The van der Waals surface area contributed by atoms with Crippen molar-refractivity contribution in [3.8, 4) is 5.88 Å². The van der Waals surface area contributed by atoms with Crippen molar-refractivity contribution in [1.82, 2.24) is 19.8 Å². The van der Waals surface area contributed by atoms with Crippen molar-refractivity contribution in [2.45, 2.75) is 31.7 Å². The molecule has 3 N–H and O–H groups in total. The summed E-state index contributed by atoms with van der Waals surface area (Å²) in [7, 11) is 0. The number of hydrogen-bond donors (Lipinski definition) is 2. The molecular weight excluding hydrogens is 326 g/mol. The number of piperidine rings is 1. The summed E-state index contributed by atoms with van der Waals surface area (Å²) in [6, 6.07) is 0.609. The smallest absolute Gasteiger partial charge is 0.256 e. The van der Waals surface area contributed by atoms with Gasteiger partial charge in [-0.1, -0.05) is 0 Å². The van der Waals surface area contributed by atoms with E-state index in [1.54, 1.807) is 5.38 Å². The lowest BCUT2D eigenvalue weighted by Crippen LogP contribution is -2.45. The number of nitrogen functional groups attached to an aromatic ring is 1. The van der Waals surface area contributed by atoms with Gasteiger partial charge in [-0.15, -0.1) is 11.3 Å². The van der Waals surface area contributed by atoms with Crippen LogP contribution in [0.25, 0.3) is 10.2 Å². The molecular formula is C16H21N5O2S. The molecule has 2 aliphatic rings. The third-order valence-corrected chi connectivity index (χ3v) is 6.02. The van der Waals surface area contributed by atoms with Crippen LogP contribution in [0.2, 0.25) is 0 Å². The molecule has 2 aromatic rings. The van der Waals surface area contributed by atoms with Gasteiger partial charge in [-0.05, 0) is 38.8 Å². The standard InChI is InChI=1S/C16H21N5O2S/c17-16-18-12-11(9-24-13(12)14(22)19-16)15(23)21-7-3-10(4-8-21)20-5-1-2-6-20/h9-10H,1-8H2,(H3,17,18,19,22). The summed E-state index contributed by atoms with van der Waals surface area (Å²) in [5.74, 6) is -0.201. The number of nitrogens with zero attached hydrogens (tertiary/aromatic N) is 4. The molecule has 8 heteroatoms. The van der Waals surface area contributed by atoms with Gasteiger partial charge < -0.3 is 20.6 Å². The lowest BCUT2D eigenvalue weighted by Gasteiger charge is -2.36. The van der Waals surface area contributed by atoms with Gasteiger partial charge in [0.25, 0.3) is 5.91 Å². The van der Waals surface area contributed by atoms with Crippen LogP contribution in [0.4, 0.5) is 5.95 Å². The molecule has 2 fully saturated rings. The van der Waals surface area contributed by atoms with Crippen LogP contribution in [-0.4, -0.2) is 63.0 Å². The maximum Gasteiger partial charge on any atom is 0.256 e. The summed E-state index contributed by atoms with van der Waals surface area (Å²) in [6.07, 6.45) is 4.64.